The van der Waals surface area contributed by atoms with Gasteiger partial charge in [0.15, 0.2) is 5.11 Å². The zero-order chi connectivity index (χ0) is 14.2. The average Bonchev–Trinajstić information content (AvgIpc) is 2.31. The van der Waals surface area contributed by atoms with E-state index < -0.39 is 11.7 Å². The molecule has 0 bridgehead atoms. The van der Waals surface area contributed by atoms with E-state index in [-0.39, 0.29) is 10.8 Å². The van der Waals surface area contributed by atoms with Crippen LogP contribution in [-0.4, -0.2) is 11.8 Å². The zero-order valence-electron chi connectivity index (χ0n) is 10.0. The number of nitrogens with zero attached hydrogens (tertiary/aromatic N) is 1. The molecule has 2 N–H and O–H groups in total. The average molecular weight is 277 g/mol. The van der Waals surface area contributed by atoms with Gasteiger partial charge in [0.2, 0.25) is 0 Å². The molecule has 1 rings (SSSR count). The second-order valence-corrected chi connectivity index (χ2v) is 3.18. The van der Waals surface area contributed by atoms with E-state index >= 15 is 0 Å². The van der Waals surface area contributed by atoms with E-state index in [4.69, 9.17) is 12.2 Å². The second-order valence-electron chi connectivity index (χ2n) is 2.77. The molecular weight excluding hydrogens is 263 g/mol. The van der Waals surface area contributed by atoms with E-state index in [1.54, 1.807) is 0 Å². The summed E-state index contributed by atoms with van der Waals surface area (Å²) >= 11 is 4.69. The quantitative estimate of drug-likeness (QED) is 0.492. The van der Waals surface area contributed by atoms with Crippen molar-refractivity contribution < 1.29 is 13.2 Å². The van der Waals surface area contributed by atoms with Crippen molar-refractivity contribution in [2.45, 2.75) is 20.0 Å². The van der Waals surface area contributed by atoms with Gasteiger partial charge in [-0.15, -0.1) is 0 Å². The summed E-state index contributed by atoms with van der Waals surface area (Å²) in [6.45, 7) is 7.10. The van der Waals surface area contributed by atoms with E-state index in [9.17, 15) is 13.2 Å². The van der Waals surface area contributed by atoms with Crippen LogP contribution in [0.1, 0.15) is 19.4 Å². The van der Waals surface area contributed by atoms with Gasteiger partial charge in [0.1, 0.15) is 0 Å². The topological polar surface area (TPSA) is 36.4 Å². The molecule has 0 aliphatic rings. The van der Waals surface area contributed by atoms with E-state index in [1.807, 2.05) is 13.8 Å². The first-order valence-electron chi connectivity index (χ1n) is 5.14. The number of thiocarbonyl (C=S) groups is 1. The van der Waals surface area contributed by atoms with Crippen molar-refractivity contribution in [3.63, 3.8) is 0 Å². The number of halogens is 3. The largest absolute Gasteiger partial charge is 0.418 e. The number of para-hydroxylation sites is 1. The van der Waals surface area contributed by atoms with Crippen LogP contribution in [0.2, 0.25) is 0 Å². The first kappa shape index (κ1) is 16.4. The Morgan fingerprint density at radius 3 is 2.33 bits per heavy atom. The minimum atomic E-state index is -4.43. The Kier molecular flexibility index (Phi) is 6.96. The van der Waals surface area contributed by atoms with Gasteiger partial charge in [-0.25, -0.2) is 0 Å². The van der Waals surface area contributed by atoms with Crippen molar-refractivity contribution in [3.05, 3.63) is 29.8 Å². The molecule has 0 spiro atoms. The minimum absolute atomic E-state index is 0.0494. The maximum Gasteiger partial charge on any atom is 0.418 e. The summed E-state index contributed by atoms with van der Waals surface area (Å²) in [5.74, 6) is 0. The molecule has 0 aliphatic carbocycles. The lowest BCUT2D eigenvalue weighted by Gasteiger charge is -2.14. The molecule has 0 radical (unpaired) electrons. The molecule has 1 aromatic rings. The number of alkyl halides is 3. The van der Waals surface area contributed by atoms with E-state index in [0.717, 1.165) is 6.07 Å². The van der Waals surface area contributed by atoms with Gasteiger partial charge in [-0.3, -0.25) is 5.43 Å². The van der Waals surface area contributed by atoms with Crippen molar-refractivity contribution in [3.8, 4) is 0 Å². The van der Waals surface area contributed by atoms with Crippen molar-refractivity contribution in [2.75, 3.05) is 5.32 Å². The molecule has 100 valence electrons. The molecule has 0 saturated carbocycles. The Hall–Kier alpha value is -1.63. The lowest BCUT2D eigenvalue weighted by atomic mass is 10.2. The van der Waals surface area contributed by atoms with Crippen LogP contribution in [0.25, 0.3) is 0 Å². The van der Waals surface area contributed by atoms with Crippen LogP contribution in [0.4, 0.5) is 18.9 Å². The molecule has 0 aromatic heterocycles. The number of hydrogen-bond donors (Lipinski definition) is 2. The third kappa shape index (κ3) is 5.13. The predicted octanol–water partition coefficient (Wildman–Crippen LogP) is 3.63. The number of anilines is 1. The third-order valence-electron chi connectivity index (χ3n) is 1.66. The molecule has 0 atom stereocenters. The van der Waals surface area contributed by atoms with E-state index in [2.05, 4.69) is 22.6 Å². The van der Waals surface area contributed by atoms with Crippen LogP contribution >= 0.6 is 12.2 Å². The van der Waals surface area contributed by atoms with Gasteiger partial charge >= 0.3 is 6.18 Å². The van der Waals surface area contributed by atoms with Gasteiger partial charge in [-0.1, -0.05) is 26.0 Å². The number of rotatable bonds is 2. The summed E-state index contributed by atoms with van der Waals surface area (Å²) in [5.41, 5.74) is 1.32. The SMILES string of the molecule is C=NNC(=S)Nc1ccccc1C(F)(F)F.CC. The van der Waals surface area contributed by atoms with Crippen LogP contribution in [0.3, 0.4) is 0 Å². The van der Waals surface area contributed by atoms with E-state index in [1.165, 1.54) is 18.2 Å². The first-order valence-corrected chi connectivity index (χ1v) is 5.55. The second kappa shape index (κ2) is 7.65. The van der Waals surface area contributed by atoms with Gasteiger partial charge < -0.3 is 5.32 Å². The normalized spacial score (nSPS) is 9.83. The maximum atomic E-state index is 12.5. The van der Waals surface area contributed by atoms with Gasteiger partial charge in [0.05, 0.1) is 11.3 Å². The summed E-state index contributed by atoms with van der Waals surface area (Å²) in [6, 6.07) is 5.02. The Morgan fingerprint density at radius 1 is 1.28 bits per heavy atom. The number of benzene rings is 1. The third-order valence-corrected chi connectivity index (χ3v) is 1.85. The standard InChI is InChI=1S/C9H8F3N3S.C2H6/c1-13-15-8(16)14-7-5-3-2-4-6(7)9(10,11)12;1-2/h2-5H,1H2,(H2,14,15,16);1-2H3. The van der Waals surface area contributed by atoms with Crippen molar-refractivity contribution >= 4 is 29.7 Å². The summed E-state index contributed by atoms with van der Waals surface area (Å²) in [7, 11) is 0. The summed E-state index contributed by atoms with van der Waals surface area (Å²) in [4.78, 5) is 0. The molecule has 0 aliphatic heterocycles. The maximum absolute atomic E-state index is 12.5. The number of hydrogen-bond acceptors (Lipinski definition) is 2. The molecule has 0 amide bonds. The van der Waals surface area contributed by atoms with Crippen molar-refractivity contribution in [1.82, 2.24) is 5.43 Å². The molecule has 0 unspecified atom stereocenters. The van der Waals surface area contributed by atoms with Crippen LogP contribution < -0.4 is 10.7 Å². The highest BCUT2D eigenvalue weighted by atomic mass is 32.1. The van der Waals surface area contributed by atoms with Gasteiger partial charge in [-0.2, -0.15) is 18.3 Å². The van der Waals surface area contributed by atoms with Crippen LogP contribution in [-0.2, 0) is 6.18 Å². The molecule has 0 fully saturated rings. The van der Waals surface area contributed by atoms with Crippen LogP contribution in [0.5, 0.6) is 0 Å². The highest BCUT2D eigenvalue weighted by Gasteiger charge is 2.33. The fraction of sp³-hybridized carbons (Fsp3) is 0.273. The van der Waals surface area contributed by atoms with Crippen molar-refractivity contribution in [2.24, 2.45) is 5.10 Å². The molecule has 1 aromatic carbocycles. The fourth-order valence-electron chi connectivity index (χ4n) is 1.06. The number of hydrazone groups is 1. The van der Waals surface area contributed by atoms with Crippen LogP contribution in [0.15, 0.2) is 29.4 Å². The zero-order valence-corrected chi connectivity index (χ0v) is 10.8. The molecule has 7 heteroatoms. The monoisotopic (exact) mass is 277 g/mol. The molecule has 18 heavy (non-hydrogen) atoms. The van der Waals surface area contributed by atoms with Gasteiger partial charge in [-0.05, 0) is 24.4 Å². The Labute approximate surface area is 109 Å². The highest BCUT2D eigenvalue weighted by molar-refractivity contribution is 7.80. The number of nitrogens with one attached hydrogen (secondary N) is 2. The predicted molar refractivity (Wildman–Crippen MR) is 71.7 cm³/mol. The van der Waals surface area contributed by atoms with Crippen LogP contribution in [0, 0.1) is 0 Å². The molecular formula is C11H14F3N3S. The molecule has 3 nitrogen and oxygen atoms in total. The minimum Gasteiger partial charge on any atom is -0.331 e. The molecule has 0 saturated heterocycles. The fourth-order valence-corrected chi connectivity index (χ4v) is 1.24. The first-order chi connectivity index (χ1) is 8.45. The molecule has 0 heterocycles. The summed E-state index contributed by atoms with van der Waals surface area (Å²) in [6.07, 6.45) is -4.43. The smallest absolute Gasteiger partial charge is 0.331 e. The summed E-state index contributed by atoms with van der Waals surface area (Å²) < 4.78 is 37.6. The Balaban J connectivity index is 0.00000137. The van der Waals surface area contributed by atoms with Gasteiger partial charge in [0.25, 0.3) is 0 Å². The van der Waals surface area contributed by atoms with E-state index in [0.29, 0.717) is 0 Å². The highest BCUT2D eigenvalue weighted by Crippen LogP contribution is 2.34. The summed E-state index contributed by atoms with van der Waals surface area (Å²) in [5, 5.41) is 5.57. The Morgan fingerprint density at radius 2 is 1.83 bits per heavy atom. The lowest BCUT2D eigenvalue weighted by molar-refractivity contribution is -0.136. The Bertz CT molecular complexity index is 405. The van der Waals surface area contributed by atoms with Crippen molar-refractivity contribution in [1.29, 1.82) is 0 Å². The van der Waals surface area contributed by atoms with Gasteiger partial charge in [0, 0.05) is 6.72 Å². The lowest BCUT2D eigenvalue weighted by Crippen LogP contribution is -2.24.